The summed E-state index contributed by atoms with van der Waals surface area (Å²) in [5, 5.41) is 17.0. The van der Waals surface area contributed by atoms with Crippen molar-refractivity contribution in [1.82, 2.24) is 20.3 Å². The molecule has 1 aliphatic heterocycles. The van der Waals surface area contributed by atoms with Crippen LogP contribution < -0.4 is 10.6 Å². The van der Waals surface area contributed by atoms with Gasteiger partial charge in [0.05, 0.1) is 10.3 Å². The Kier molecular flexibility index (Phi) is 5.02. The highest BCUT2D eigenvalue weighted by Gasteiger charge is 2.21. The molecule has 0 aliphatic carbocycles. The van der Waals surface area contributed by atoms with Gasteiger partial charge in [-0.2, -0.15) is 0 Å². The standard InChI is InChI=1S/C21H23N5OS/c1-13-16(4-8-21(2,3)27)17-18(28-13)20(24-15-7-11-23-12-15)26-19(25-17)14-5-9-22-10-6-14/h5-6,9-10,15,23,27H,7,11-12H2,1-3H3,(H,24,25,26). The zero-order valence-electron chi connectivity index (χ0n) is 16.2. The molecule has 7 heteroatoms. The highest BCUT2D eigenvalue weighted by atomic mass is 32.1. The van der Waals surface area contributed by atoms with E-state index < -0.39 is 5.60 Å². The zero-order valence-corrected chi connectivity index (χ0v) is 17.0. The summed E-state index contributed by atoms with van der Waals surface area (Å²) in [6.07, 6.45) is 4.54. The lowest BCUT2D eigenvalue weighted by Crippen LogP contribution is -2.22. The number of fused-ring (bicyclic) bond motifs is 1. The Morgan fingerprint density at radius 1 is 1.29 bits per heavy atom. The van der Waals surface area contributed by atoms with E-state index >= 15 is 0 Å². The third-order valence-corrected chi connectivity index (χ3v) is 5.64. The number of thiophene rings is 1. The van der Waals surface area contributed by atoms with Crippen LogP contribution in [0.25, 0.3) is 21.6 Å². The Hall–Kier alpha value is -2.53. The fourth-order valence-corrected chi connectivity index (χ4v) is 4.15. The summed E-state index contributed by atoms with van der Waals surface area (Å²) < 4.78 is 1.00. The number of nitrogens with zero attached hydrogens (tertiary/aromatic N) is 3. The molecule has 3 N–H and O–H groups in total. The molecule has 6 nitrogen and oxygen atoms in total. The molecule has 1 saturated heterocycles. The normalized spacial score (nSPS) is 16.8. The topological polar surface area (TPSA) is 83.0 Å². The van der Waals surface area contributed by atoms with Gasteiger partial charge in [0, 0.05) is 35.4 Å². The molecule has 28 heavy (non-hydrogen) atoms. The van der Waals surface area contributed by atoms with Gasteiger partial charge in [0.15, 0.2) is 5.82 Å². The Bertz CT molecular complexity index is 1050. The summed E-state index contributed by atoms with van der Waals surface area (Å²) in [4.78, 5) is 14.8. The minimum atomic E-state index is -1.06. The van der Waals surface area contributed by atoms with Crippen LogP contribution in [0, 0.1) is 18.8 Å². The quantitative estimate of drug-likeness (QED) is 0.594. The fourth-order valence-electron chi connectivity index (χ4n) is 3.15. The summed E-state index contributed by atoms with van der Waals surface area (Å²) in [7, 11) is 0. The van der Waals surface area contributed by atoms with Crippen LogP contribution in [-0.4, -0.2) is 44.8 Å². The Balaban J connectivity index is 1.89. The zero-order chi connectivity index (χ0) is 19.7. The molecule has 3 aromatic rings. The van der Waals surface area contributed by atoms with E-state index in [0.717, 1.165) is 51.5 Å². The lowest BCUT2D eigenvalue weighted by molar-refractivity contribution is 0.143. The van der Waals surface area contributed by atoms with Gasteiger partial charge in [-0.3, -0.25) is 4.98 Å². The van der Waals surface area contributed by atoms with Crippen molar-refractivity contribution < 1.29 is 5.11 Å². The van der Waals surface area contributed by atoms with E-state index in [1.165, 1.54) is 0 Å². The van der Waals surface area contributed by atoms with Gasteiger partial charge in [0.1, 0.15) is 16.9 Å². The van der Waals surface area contributed by atoms with Crippen LogP contribution in [0.15, 0.2) is 24.5 Å². The molecule has 1 atom stereocenters. The molecule has 4 rings (SSSR count). The molecule has 0 spiro atoms. The Morgan fingerprint density at radius 2 is 2.07 bits per heavy atom. The molecule has 0 bridgehead atoms. The van der Waals surface area contributed by atoms with Crippen LogP contribution in [0.4, 0.5) is 5.82 Å². The molecule has 1 aliphatic rings. The van der Waals surface area contributed by atoms with Crippen molar-refractivity contribution in [3.05, 3.63) is 35.0 Å². The van der Waals surface area contributed by atoms with Crippen LogP contribution in [0.2, 0.25) is 0 Å². The third kappa shape index (κ3) is 3.99. The van der Waals surface area contributed by atoms with Crippen LogP contribution in [-0.2, 0) is 0 Å². The summed E-state index contributed by atoms with van der Waals surface area (Å²) in [5.41, 5.74) is 1.54. The second-order valence-corrected chi connectivity index (χ2v) is 8.71. The number of pyridine rings is 1. The van der Waals surface area contributed by atoms with Crippen molar-refractivity contribution in [3.8, 4) is 23.2 Å². The average Bonchev–Trinajstić information content (AvgIpc) is 3.27. The van der Waals surface area contributed by atoms with Gasteiger partial charge in [-0.15, -0.1) is 11.3 Å². The minimum Gasteiger partial charge on any atom is -0.378 e. The molecule has 0 aromatic carbocycles. The number of aryl methyl sites for hydroxylation is 1. The van der Waals surface area contributed by atoms with Gasteiger partial charge in [-0.1, -0.05) is 11.8 Å². The van der Waals surface area contributed by atoms with Crippen LogP contribution in [0.1, 0.15) is 30.7 Å². The highest BCUT2D eigenvalue weighted by Crippen LogP contribution is 2.35. The van der Waals surface area contributed by atoms with E-state index in [1.807, 2.05) is 19.1 Å². The molecule has 3 aromatic heterocycles. The van der Waals surface area contributed by atoms with Crippen LogP contribution >= 0.6 is 11.3 Å². The first-order valence-electron chi connectivity index (χ1n) is 9.35. The van der Waals surface area contributed by atoms with E-state index in [2.05, 4.69) is 27.5 Å². The van der Waals surface area contributed by atoms with E-state index in [9.17, 15) is 5.11 Å². The van der Waals surface area contributed by atoms with Gasteiger partial charge in [-0.05, 0) is 45.9 Å². The summed E-state index contributed by atoms with van der Waals surface area (Å²) >= 11 is 1.64. The first-order chi connectivity index (χ1) is 13.4. The third-order valence-electron chi connectivity index (χ3n) is 4.54. The second kappa shape index (κ2) is 7.47. The SMILES string of the molecule is Cc1sc2c(NC3CCNC3)nc(-c3ccncc3)nc2c1C#CC(C)(C)O. The number of nitrogens with one attached hydrogen (secondary N) is 2. The lowest BCUT2D eigenvalue weighted by Gasteiger charge is -2.14. The summed E-state index contributed by atoms with van der Waals surface area (Å²) in [5.74, 6) is 7.55. The second-order valence-electron chi connectivity index (χ2n) is 7.49. The first-order valence-corrected chi connectivity index (χ1v) is 10.2. The molecule has 144 valence electrons. The number of aliphatic hydroxyl groups is 1. The van der Waals surface area contributed by atoms with E-state index in [4.69, 9.17) is 9.97 Å². The predicted molar refractivity (Wildman–Crippen MR) is 113 cm³/mol. The minimum absolute atomic E-state index is 0.344. The molecular formula is C21H23N5OS. The van der Waals surface area contributed by atoms with Crippen LogP contribution in [0.5, 0.6) is 0 Å². The van der Waals surface area contributed by atoms with Crippen molar-refractivity contribution >= 4 is 27.4 Å². The molecule has 0 amide bonds. The smallest absolute Gasteiger partial charge is 0.162 e. The van der Waals surface area contributed by atoms with E-state index in [0.29, 0.717) is 11.9 Å². The van der Waals surface area contributed by atoms with Crippen LogP contribution in [0.3, 0.4) is 0 Å². The predicted octanol–water partition coefficient (Wildman–Crippen LogP) is 2.96. The fraction of sp³-hybridized carbons (Fsp3) is 0.381. The van der Waals surface area contributed by atoms with Crippen molar-refractivity contribution in [1.29, 1.82) is 0 Å². The molecule has 1 unspecified atom stereocenters. The summed E-state index contributed by atoms with van der Waals surface area (Å²) in [6, 6.07) is 4.16. The maximum absolute atomic E-state index is 10.0. The number of hydrogen-bond acceptors (Lipinski definition) is 7. The van der Waals surface area contributed by atoms with Gasteiger partial charge in [-0.25, -0.2) is 9.97 Å². The highest BCUT2D eigenvalue weighted by molar-refractivity contribution is 7.19. The van der Waals surface area contributed by atoms with Crippen molar-refractivity contribution in [2.24, 2.45) is 0 Å². The average molecular weight is 394 g/mol. The van der Waals surface area contributed by atoms with Gasteiger partial charge in [0.25, 0.3) is 0 Å². The number of hydrogen-bond donors (Lipinski definition) is 3. The number of rotatable bonds is 3. The Labute approximate surface area is 168 Å². The molecule has 0 radical (unpaired) electrons. The van der Waals surface area contributed by atoms with E-state index in [-0.39, 0.29) is 0 Å². The molecule has 4 heterocycles. The van der Waals surface area contributed by atoms with Crippen molar-refractivity contribution in [3.63, 3.8) is 0 Å². The monoisotopic (exact) mass is 393 g/mol. The maximum atomic E-state index is 10.0. The van der Waals surface area contributed by atoms with Crippen molar-refractivity contribution in [2.45, 2.75) is 38.8 Å². The lowest BCUT2D eigenvalue weighted by atomic mass is 10.1. The largest absolute Gasteiger partial charge is 0.378 e. The van der Waals surface area contributed by atoms with E-state index in [1.54, 1.807) is 37.6 Å². The molecule has 0 saturated carbocycles. The number of aromatic nitrogens is 3. The Morgan fingerprint density at radius 3 is 2.75 bits per heavy atom. The number of anilines is 1. The van der Waals surface area contributed by atoms with Gasteiger partial charge < -0.3 is 15.7 Å². The maximum Gasteiger partial charge on any atom is 0.162 e. The first kappa shape index (κ1) is 18.8. The summed E-state index contributed by atoms with van der Waals surface area (Å²) in [6.45, 7) is 7.33. The molecular weight excluding hydrogens is 370 g/mol. The van der Waals surface area contributed by atoms with Crippen molar-refractivity contribution in [2.75, 3.05) is 18.4 Å². The van der Waals surface area contributed by atoms with Gasteiger partial charge in [0.2, 0.25) is 0 Å². The van der Waals surface area contributed by atoms with Gasteiger partial charge >= 0.3 is 0 Å². The molecule has 1 fully saturated rings.